The van der Waals surface area contributed by atoms with Gasteiger partial charge in [0.15, 0.2) is 0 Å². The van der Waals surface area contributed by atoms with Crippen LogP contribution in [0.2, 0.25) is 0 Å². The van der Waals surface area contributed by atoms with Gasteiger partial charge >= 0.3 is 0 Å². The van der Waals surface area contributed by atoms with E-state index >= 15 is 0 Å². The summed E-state index contributed by atoms with van der Waals surface area (Å²) >= 11 is 0. The average Bonchev–Trinajstić information content (AvgIpc) is 2.43. The maximum absolute atomic E-state index is 5.72. The van der Waals surface area contributed by atoms with Crippen LogP contribution in [-0.2, 0) is 6.42 Å². The van der Waals surface area contributed by atoms with Crippen LogP contribution in [0.15, 0.2) is 6.33 Å². The molecule has 3 N–H and O–H groups in total. The van der Waals surface area contributed by atoms with E-state index in [1.54, 1.807) is 0 Å². The molecule has 0 amide bonds. The van der Waals surface area contributed by atoms with Gasteiger partial charge in [-0.25, -0.2) is 15.8 Å². The third-order valence-corrected chi connectivity index (χ3v) is 2.94. The van der Waals surface area contributed by atoms with Crippen molar-refractivity contribution in [2.24, 2.45) is 5.84 Å². The zero-order valence-corrected chi connectivity index (χ0v) is 11.4. The number of rotatable bonds is 8. The van der Waals surface area contributed by atoms with Crippen molar-refractivity contribution in [3.63, 3.8) is 0 Å². The van der Waals surface area contributed by atoms with Crippen molar-refractivity contribution < 1.29 is 4.74 Å². The number of likely N-dealkylation sites (N-methyl/N-ethyl adjacent to an activating group) is 1. The van der Waals surface area contributed by atoms with Crippen LogP contribution in [0, 0.1) is 0 Å². The Morgan fingerprint density at radius 3 is 2.56 bits per heavy atom. The molecule has 0 aliphatic heterocycles. The van der Waals surface area contributed by atoms with E-state index in [4.69, 9.17) is 10.6 Å². The molecule has 6 nitrogen and oxygen atoms in total. The van der Waals surface area contributed by atoms with E-state index in [2.05, 4.69) is 34.1 Å². The van der Waals surface area contributed by atoms with Crippen molar-refractivity contribution in [2.45, 2.75) is 27.2 Å². The maximum Gasteiger partial charge on any atom is 0.221 e. The van der Waals surface area contributed by atoms with E-state index in [9.17, 15) is 0 Å². The second-order valence-corrected chi connectivity index (χ2v) is 3.88. The lowest BCUT2D eigenvalue weighted by Gasteiger charge is -2.18. The molecule has 0 aliphatic rings. The van der Waals surface area contributed by atoms with Crippen LogP contribution in [-0.4, -0.2) is 41.1 Å². The molecular formula is C12H23N5O. The lowest BCUT2D eigenvalue weighted by molar-refractivity contribution is 0.216. The van der Waals surface area contributed by atoms with Crippen LogP contribution in [0.5, 0.6) is 5.88 Å². The fourth-order valence-corrected chi connectivity index (χ4v) is 1.77. The first kappa shape index (κ1) is 14.7. The van der Waals surface area contributed by atoms with Gasteiger partial charge in [0.1, 0.15) is 18.8 Å². The van der Waals surface area contributed by atoms with Crippen molar-refractivity contribution in [3.8, 4) is 5.88 Å². The largest absolute Gasteiger partial charge is 0.476 e. The number of hydrogen-bond acceptors (Lipinski definition) is 6. The van der Waals surface area contributed by atoms with Gasteiger partial charge in [-0.1, -0.05) is 20.8 Å². The molecule has 0 atom stereocenters. The van der Waals surface area contributed by atoms with E-state index in [0.717, 1.165) is 31.6 Å². The van der Waals surface area contributed by atoms with Gasteiger partial charge in [-0.3, -0.25) is 0 Å². The highest BCUT2D eigenvalue weighted by atomic mass is 16.5. The Kier molecular flexibility index (Phi) is 6.38. The molecule has 0 unspecified atom stereocenters. The first-order valence-corrected chi connectivity index (χ1v) is 6.42. The standard InChI is InChI=1S/C12H23N5O/c1-4-10-11(16-13)14-9-15-12(10)18-8-7-17(5-2)6-3/h9H,4-8,13H2,1-3H3,(H,14,15,16). The van der Waals surface area contributed by atoms with Gasteiger partial charge in [0, 0.05) is 6.54 Å². The summed E-state index contributed by atoms with van der Waals surface area (Å²) in [5.41, 5.74) is 3.48. The van der Waals surface area contributed by atoms with Crippen LogP contribution in [0.1, 0.15) is 26.3 Å². The van der Waals surface area contributed by atoms with E-state index in [0.29, 0.717) is 18.3 Å². The topological polar surface area (TPSA) is 76.3 Å². The molecule has 0 spiro atoms. The van der Waals surface area contributed by atoms with E-state index in [1.165, 1.54) is 6.33 Å². The average molecular weight is 253 g/mol. The van der Waals surface area contributed by atoms with Gasteiger partial charge in [0.05, 0.1) is 5.56 Å². The number of ether oxygens (including phenoxy) is 1. The molecule has 0 bridgehead atoms. The molecule has 102 valence electrons. The van der Waals surface area contributed by atoms with Crippen molar-refractivity contribution in [1.82, 2.24) is 14.9 Å². The van der Waals surface area contributed by atoms with Gasteiger partial charge in [-0.2, -0.15) is 0 Å². The van der Waals surface area contributed by atoms with Gasteiger partial charge in [0.2, 0.25) is 5.88 Å². The van der Waals surface area contributed by atoms with Crippen LogP contribution in [0.4, 0.5) is 5.82 Å². The number of nitrogens with zero attached hydrogens (tertiary/aromatic N) is 3. The summed E-state index contributed by atoms with van der Waals surface area (Å²) in [4.78, 5) is 10.5. The number of nitrogens with one attached hydrogen (secondary N) is 1. The van der Waals surface area contributed by atoms with E-state index in [1.807, 2.05) is 6.92 Å². The number of hydrogen-bond donors (Lipinski definition) is 2. The van der Waals surface area contributed by atoms with Crippen LogP contribution < -0.4 is 16.0 Å². The van der Waals surface area contributed by atoms with Gasteiger partial charge in [-0.05, 0) is 19.5 Å². The summed E-state index contributed by atoms with van der Waals surface area (Å²) in [5, 5.41) is 0. The number of nitrogens with two attached hydrogens (primary N) is 1. The molecule has 0 aromatic carbocycles. The quantitative estimate of drug-likeness (QED) is 0.532. The molecule has 1 heterocycles. The Labute approximate surface area is 109 Å². The summed E-state index contributed by atoms with van der Waals surface area (Å²) in [6.07, 6.45) is 2.24. The Hall–Kier alpha value is -1.40. The molecule has 1 aromatic heterocycles. The third kappa shape index (κ3) is 3.82. The highest BCUT2D eigenvalue weighted by molar-refractivity contribution is 5.47. The molecule has 1 rings (SSSR count). The second-order valence-electron chi connectivity index (χ2n) is 3.88. The minimum atomic E-state index is 0.618. The Morgan fingerprint density at radius 1 is 1.28 bits per heavy atom. The first-order valence-electron chi connectivity index (χ1n) is 6.42. The maximum atomic E-state index is 5.72. The number of aromatic nitrogens is 2. The lowest BCUT2D eigenvalue weighted by Crippen LogP contribution is -2.28. The molecule has 18 heavy (non-hydrogen) atoms. The van der Waals surface area contributed by atoms with E-state index < -0.39 is 0 Å². The minimum absolute atomic E-state index is 0.618. The van der Waals surface area contributed by atoms with Gasteiger partial charge in [-0.15, -0.1) is 0 Å². The highest BCUT2D eigenvalue weighted by Gasteiger charge is 2.10. The van der Waals surface area contributed by atoms with E-state index in [-0.39, 0.29) is 0 Å². The molecule has 0 radical (unpaired) electrons. The lowest BCUT2D eigenvalue weighted by atomic mass is 10.2. The summed E-state index contributed by atoms with van der Waals surface area (Å²) in [6, 6.07) is 0. The molecule has 0 fully saturated rings. The minimum Gasteiger partial charge on any atom is -0.476 e. The fourth-order valence-electron chi connectivity index (χ4n) is 1.77. The Bertz CT molecular complexity index is 354. The van der Waals surface area contributed by atoms with Crippen LogP contribution >= 0.6 is 0 Å². The zero-order chi connectivity index (χ0) is 13.4. The summed E-state index contributed by atoms with van der Waals surface area (Å²) in [5.74, 6) is 6.66. The first-order chi connectivity index (χ1) is 8.76. The predicted octanol–water partition coefficient (Wildman–Crippen LogP) is 1.05. The van der Waals surface area contributed by atoms with Crippen LogP contribution in [0.3, 0.4) is 0 Å². The summed E-state index contributed by atoms with van der Waals surface area (Å²) < 4.78 is 5.72. The Balaban J connectivity index is 2.61. The molecule has 0 saturated carbocycles. The van der Waals surface area contributed by atoms with Gasteiger partial charge in [0.25, 0.3) is 0 Å². The summed E-state index contributed by atoms with van der Waals surface area (Å²) in [7, 11) is 0. The molecule has 0 aliphatic carbocycles. The predicted molar refractivity (Wildman–Crippen MR) is 72.5 cm³/mol. The van der Waals surface area contributed by atoms with Crippen molar-refractivity contribution in [1.29, 1.82) is 0 Å². The Morgan fingerprint density at radius 2 is 2.00 bits per heavy atom. The smallest absolute Gasteiger partial charge is 0.221 e. The molecule has 6 heteroatoms. The fraction of sp³-hybridized carbons (Fsp3) is 0.667. The number of hydrazine groups is 1. The second kappa shape index (κ2) is 7.84. The number of nitrogen functional groups attached to an aromatic ring is 1. The third-order valence-electron chi connectivity index (χ3n) is 2.94. The van der Waals surface area contributed by atoms with Gasteiger partial charge < -0.3 is 15.1 Å². The number of anilines is 1. The molecule has 0 saturated heterocycles. The SMILES string of the molecule is CCc1c(NN)ncnc1OCCN(CC)CC. The molecular weight excluding hydrogens is 230 g/mol. The zero-order valence-electron chi connectivity index (χ0n) is 11.4. The van der Waals surface area contributed by atoms with Crippen molar-refractivity contribution in [2.75, 3.05) is 31.7 Å². The van der Waals surface area contributed by atoms with Crippen LogP contribution in [0.25, 0.3) is 0 Å². The monoisotopic (exact) mass is 253 g/mol. The normalized spacial score (nSPS) is 10.7. The highest BCUT2D eigenvalue weighted by Crippen LogP contribution is 2.21. The summed E-state index contributed by atoms with van der Waals surface area (Å²) in [6.45, 7) is 9.88. The van der Waals surface area contributed by atoms with Crippen molar-refractivity contribution in [3.05, 3.63) is 11.9 Å². The molecule has 1 aromatic rings. The van der Waals surface area contributed by atoms with Crippen molar-refractivity contribution >= 4 is 5.82 Å².